The minimum absolute atomic E-state index is 0.181. The van der Waals surface area contributed by atoms with Crippen LogP contribution in [0.25, 0.3) is 0 Å². The molecule has 124 valence electrons. The molecule has 0 aliphatic heterocycles. The zero-order valence-corrected chi connectivity index (χ0v) is 15.5. The van der Waals surface area contributed by atoms with E-state index in [0.717, 1.165) is 5.75 Å². The highest BCUT2D eigenvalue weighted by molar-refractivity contribution is 8.00. The lowest BCUT2D eigenvalue weighted by atomic mass is 10.0. The van der Waals surface area contributed by atoms with Gasteiger partial charge in [-0.05, 0) is 25.0 Å². The molecular formula is C15H21Cl2NO2S2. The Hall–Kier alpha value is 0.0600. The summed E-state index contributed by atoms with van der Waals surface area (Å²) >= 11 is 13.9. The van der Waals surface area contributed by atoms with Crippen molar-refractivity contribution < 1.29 is 8.42 Å². The van der Waals surface area contributed by atoms with Crippen LogP contribution in [0, 0.1) is 0 Å². The third-order valence-electron chi connectivity index (χ3n) is 3.73. The van der Waals surface area contributed by atoms with Gasteiger partial charge in [0.1, 0.15) is 0 Å². The van der Waals surface area contributed by atoms with Crippen molar-refractivity contribution in [2.45, 2.75) is 43.1 Å². The van der Waals surface area contributed by atoms with Crippen molar-refractivity contribution in [3.63, 3.8) is 0 Å². The molecule has 3 nitrogen and oxygen atoms in total. The van der Waals surface area contributed by atoms with Crippen LogP contribution >= 0.6 is 35.0 Å². The first-order valence-electron chi connectivity index (χ1n) is 7.50. The van der Waals surface area contributed by atoms with Gasteiger partial charge in [0.05, 0.1) is 5.75 Å². The first-order chi connectivity index (χ1) is 10.5. The molecule has 22 heavy (non-hydrogen) atoms. The minimum Gasteiger partial charge on any atom is -0.214 e. The number of nitrogens with one attached hydrogen (secondary N) is 1. The smallest absolute Gasteiger partial charge is 0.214 e. The molecule has 1 aromatic rings. The fourth-order valence-corrected chi connectivity index (χ4v) is 5.81. The third-order valence-corrected chi connectivity index (χ3v) is 7.13. The standard InChI is InChI=1S/C15H21Cl2NO2S2/c16-14-7-4-8-15(17)13(14)11-22(19,20)18-9-10-21-12-5-2-1-3-6-12/h4,7-8,12,18H,1-3,5-6,9-11H2. The van der Waals surface area contributed by atoms with Gasteiger partial charge in [0.15, 0.2) is 0 Å². The Balaban J connectivity index is 1.78. The summed E-state index contributed by atoms with van der Waals surface area (Å²) in [6, 6.07) is 5.00. The van der Waals surface area contributed by atoms with E-state index in [0.29, 0.717) is 27.4 Å². The Bertz CT molecular complexity index is 567. The molecule has 0 radical (unpaired) electrons. The Morgan fingerprint density at radius 3 is 2.41 bits per heavy atom. The maximum Gasteiger partial charge on any atom is 0.215 e. The first-order valence-corrected chi connectivity index (χ1v) is 11.0. The molecule has 0 spiro atoms. The topological polar surface area (TPSA) is 46.2 Å². The molecule has 1 aliphatic rings. The lowest BCUT2D eigenvalue weighted by molar-refractivity contribution is 0.516. The van der Waals surface area contributed by atoms with Crippen LogP contribution in [0.1, 0.15) is 37.7 Å². The van der Waals surface area contributed by atoms with E-state index in [1.54, 1.807) is 18.2 Å². The molecule has 1 N–H and O–H groups in total. The van der Waals surface area contributed by atoms with E-state index in [1.807, 2.05) is 11.8 Å². The monoisotopic (exact) mass is 381 g/mol. The van der Waals surface area contributed by atoms with Crippen molar-refractivity contribution in [2.24, 2.45) is 0 Å². The van der Waals surface area contributed by atoms with E-state index in [4.69, 9.17) is 23.2 Å². The molecule has 1 aromatic carbocycles. The molecule has 1 aliphatic carbocycles. The highest BCUT2D eigenvalue weighted by Gasteiger charge is 2.17. The highest BCUT2D eigenvalue weighted by atomic mass is 35.5. The van der Waals surface area contributed by atoms with Crippen molar-refractivity contribution in [3.05, 3.63) is 33.8 Å². The largest absolute Gasteiger partial charge is 0.215 e. The Kier molecular flexibility index (Phi) is 7.35. The van der Waals surface area contributed by atoms with Gasteiger partial charge >= 0.3 is 0 Å². The highest BCUT2D eigenvalue weighted by Crippen LogP contribution is 2.28. The zero-order valence-electron chi connectivity index (χ0n) is 12.4. The number of sulfonamides is 1. The molecule has 0 bridgehead atoms. The molecule has 0 unspecified atom stereocenters. The molecule has 7 heteroatoms. The summed E-state index contributed by atoms with van der Waals surface area (Å²) in [6.07, 6.45) is 6.45. The van der Waals surface area contributed by atoms with Crippen LogP contribution in [-0.2, 0) is 15.8 Å². The Morgan fingerprint density at radius 2 is 1.77 bits per heavy atom. The van der Waals surface area contributed by atoms with Gasteiger partial charge in [-0.3, -0.25) is 0 Å². The summed E-state index contributed by atoms with van der Waals surface area (Å²) in [5.74, 6) is 0.625. The van der Waals surface area contributed by atoms with Crippen LogP contribution in [0.4, 0.5) is 0 Å². The number of rotatable bonds is 7. The first kappa shape index (κ1) is 18.4. The van der Waals surface area contributed by atoms with Crippen LogP contribution in [0.2, 0.25) is 10.0 Å². The van der Waals surface area contributed by atoms with Crippen molar-refractivity contribution in [2.75, 3.05) is 12.3 Å². The van der Waals surface area contributed by atoms with Crippen LogP contribution in [0.15, 0.2) is 18.2 Å². The minimum atomic E-state index is -3.41. The van der Waals surface area contributed by atoms with Crippen LogP contribution < -0.4 is 4.72 Å². The van der Waals surface area contributed by atoms with Crippen LogP contribution in [0.3, 0.4) is 0 Å². The number of hydrogen-bond acceptors (Lipinski definition) is 3. The van der Waals surface area contributed by atoms with E-state index in [9.17, 15) is 8.42 Å². The molecular weight excluding hydrogens is 361 g/mol. The lowest BCUT2D eigenvalue weighted by Gasteiger charge is -2.20. The lowest BCUT2D eigenvalue weighted by Crippen LogP contribution is -2.28. The Morgan fingerprint density at radius 1 is 1.14 bits per heavy atom. The maximum atomic E-state index is 12.1. The summed E-state index contributed by atoms with van der Waals surface area (Å²) in [6.45, 7) is 0.450. The maximum absolute atomic E-state index is 12.1. The normalized spacial score (nSPS) is 16.8. The van der Waals surface area contributed by atoms with E-state index < -0.39 is 10.0 Å². The predicted molar refractivity (Wildman–Crippen MR) is 96.4 cm³/mol. The van der Waals surface area contributed by atoms with Crippen molar-refractivity contribution in [1.29, 1.82) is 0 Å². The Labute approximate surface area is 147 Å². The fourth-order valence-electron chi connectivity index (χ4n) is 2.57. The predicted octanol–water partition coefficient (Wildman–Crippen LogP) is 4.48. The number of halogens is 2. The summed E-state index contributed by atoms with van der Waals surface area (Å²) in [4.78, 5) is 0. The molecule has 0 amide bonds. The van der Waals surface area contributed by atoms with E-state index in [-0.39, 0.29) is 5.75 Å². The summed E-state index contributed by atoms with van der Waals surface area (Å²) in [7, 11) is -3.41. The summed E-state index contributed by atoms with van der Waals surface area (Å²) in [5.41, 5.74) is 0.457. The number of benzene rings is 1. The van der Waals surface area contributed by atoms with Gasteiger partial charge in [-0.2, -0.15) is 11.8 Å². The third kappa shape index (κ3) is 5.93. The van der Waals surface area contributed by atoms with Crippen molar-refractivity contribution in [3.8, 4) is 0 Å². The SMILES string of the molecule is O=S(=O)(Cc1c(Cl)cccc1Cl)NCCSC1CCCCC1. The van der Waals surface area contributed by atoms with Crippen molar-refractivity contribution in [1.82, 2.24) is 4.72 Å². The second kappa shape index (κ2) is 8.78. The van der Waals surface area contributed by atoms with Gasteiger partial charge in [-0.15, -0.1) is 0 Å². The average molecular weight is 382 g/mol. The molecule has 2 rings (SSSR count). The molecule has 1 fully saturated rings. The fraction of sp³-hybridized carbons (Fsp3) is 0.600. The molecule has 1 saturated carbocycles. The second-order valence-electron chi connectivity index (χ2n) is 5.48. The molecule has 0 atom stereocenters. The average Bonchev–Trinajstić information content (AvgIpc) is 2.49. The van der Waals surface area contributed by atoms with Gasteiger partial charge in [0, 0.05) is 33.2 Å². The summed E-state index contributed by atoms with van der Waals surface area (Å²) in [5, 5.41) is 1.46. The van der Waals surface area contributed by atoms with Crippen molar-refractivity contribution >= 4 is 45.0 Å². The van der Waals surface area contributed by atoms with Crippen LogP contribution in [0.5, 0.6) is 0 Å². The quantitative estimate of drug-likeness (QED) is 0.708. The van der Waals surface area contributed by atoms with E-state index in [1.165, 1.54) is 32.1 Å². The van der Waals surface area contributed by atoms with Crippen LogP contribution in [-0.4, -0.2) is 26.0 Å². The molecule has 0 aromatic heterocycles. The van der Waals surface area contributed by atoms with Gasteiger partial charge in [-0.1, -0.05) is 48.5 Å². The van der Waals surface area contributed by atoms with Gasteiger partial charge in [0.2, 0.25) is 10.0 Å². The zero-order chi connectivity index (χ0) is 16.0. The van der Waals surface area contributed by atoms with E-state index >= 15 is 0 Å². The van der Waals surface area contributed by atoms with Gasteiger partial charge in [-0.25, -0.2) is 13.1 Å². The van der Waals surface area contributed by atoms with Gasteiger partial charge < -0.3 is 0 Å². The van der Waals surface area contributed by atoms with Gasteiger partial charge in [0.25, 0.3) is 0 Å². The van der Waals surface area contributed by atoms with E-state index in [2.05, 4.69) is 4.72 Å². The number of thioether (sulfide) groups is 1. The molecule has 0 saturated heterocycles. The summed E-state index contributed by atoms with van der Waals surface area (Å²) < 4.78 is 26.9. The number of hydrogen-bond donors (Lipinski definition) is 1. The molecule has 0 heterocycles. The second-order valence-corrected chi connectivity index (χ2v) is 9.51.